The van der Waals surface area contributed by atoms with Crippen LogP contribution in [0.4, 0.5) is 0 Å². The van der Waals surface area contributed by atoms with Crippen molar-refractivity contribution in [1.82, 2.24) is 5.32 Å². The Morgan fingerprint density at radius 2 is 1.87 bits per heavy atom. The molecule has 0 heterocycles. The Kier molecular flexibility index (Phi) is 8.95. The van der Waals surface area contributed by atoms with Crippen molar-refractivity contribution in [3.05, 3.63) is 23.8 Å². The minimum absolute atomic E-state index is 0.515. The van der Waals surface area contributed by atoms with Crippen LogP contribution in [0.2, 0.25) is 0 Å². The fourth-order valence-electron chi connectivity index (χ4n) is 2.09. The van der Waals surface area contributed by atoms with E-state index in [1.807, 2.05) is 26.0 Å². The van der Waals surface area contributed by atoms with E-state index in [-0.39, 0.29) is 0 Å². The lowest BCUT2D eigenvalue weighted by Gasteiger charge is -2.13. The predicted octanol–water partition coefficient (Wildman–Crippen LogP) is 2.98. The van der Waals surface area contributed by atoms with Crippen molar-refractivity contribution >= 4 is 5.96 Å². The Morgan fingerprint density at radius 1 is 1.17 bits per heavy atom. The number of ether oxygens (including phenoxy) is 2. The van der Waals surface area contributed by atoms with Gasteiger partial charge < -0.3 is 20.5 Å². The zero-order valence-electron chi connectivity index (χ0n) is 14.9. The molecule has 0 fully saturated rings. The Hall–Kier alpha value is -1.91. The maximum absolute atomic E-state index is 5.86. The molecule has 0 aliphatic heterocycles. The van der Waals surface area contributed by atoms with Crippen molar-refractivity contribution in [2.45, 2.75) is 40.5 Å². The van der Waals surface area contributed by atoms with Gasteiger partial charge in [0.05, 0.1) is 13.2 Å². The number of nitrogens with zero attached hydrogens (tertiary/aromatic N) is 1. The highest BCUT2D eigenvalue weighted by Crippen LogP contribution is 2.28. The van der Waals surface area contributed by atoms with Crippen molar-refractivity contribution in [1.29, 1.82) is 0 Å². The first-order valence-corrected chi connectivity index (χ1v) is 8.49. The molecule has 0 saturated carbocycles. The van der Waals surface area contributed by atoms with E-state index in [4.69, 9.17) is 15.2 Å². The molecule has 0 saturated heterocycles. The van der Waals surface area contributed by atoms with Crippen LogP contribution in [-0.4, -0.2) is 32.3 Å². The van der Waals surface area contributed by atoms with E-state index in [0.29, 0.717) is 25.1 Å². The number of nitrogens with two attached hydrogens (primary N) is 1. The monoisotopic (exact) mass is 321 g/mol. The average Bonchev–Trinajstić information content (AvgIpc) is 2.50. The second kappa shape index (κ2) is 10.8. The highest BCUT2D eigenvalue weighted by molar-refractivity contribution is 5.77. The molecule has 0 spiro atoms. The summed E-state index contributed by atoms with van der Waals surface area (Å²) in [5.74, 6) is 2.75. The Labute approximate surface area is 140 Å². The summed E-state index contributed by atoms with van der Waals surface area (Å²) in [4.78, 5) is 4.32. The average molecular weight is 321 g/mol. The van der Waals surface area contributed by atoms with E-state index < -0.39 is 0 Å². The molecule has 23 heavy (non-hydrogen) atoms. The van der Waals surface area contributed by atoms with Gasteiger partial charge in [-0.2, -0.15) is 0 Å². The smallest absolute Gasteiger partial charge is 0.188 e. The van der Waals surface area contributed by atoms with Crippen LogP contribution in [-0.2, 0) is 6.42 Å². The SMILES string of the molecule is CCOc1ccc(CCNC(N)=NCCC(C)C)cc1OCC. The molecule has 0 aliphatic rings. The maximum Gasteiger partial charge on any atom is 0.188 e. The van der Waals surface area contributed by atoms with Crippen LogP contribution in [0.3, 0.4) is 0 Å². The summed E-state index contributed by atoms with van der Waals surface area (Å²) in [6.45, 7) is 11.1. The zero-order chi connectivity index (χ0) is 17.1. The van der Waals surface area contributed by atoms with Crippen molar-refractivity contribution < 1.29 is 9.47 Å². The molecule has 0 unspecified atom stereocenters. The largest absolute Gasteiger partial charge is 0.490 e. The lowest BCUT2D eigenvalue weighted by Crippen LogP contribution is -2.33. The molecule has 1 aromatic rings. The van der Waals surface area contributed by atoms with Gasteiger partial charge in [0.2, 0.25) is 0 Å². The van der Waals surface area contributed by atoms with Gasteiger partial charge in [0.25, 0.3) is 0 Å². The highest BCUT2D eigenvalue weighted by atomic mass is 16.5. The van der Waals surface area contributed by atoms with Crippen molar-refractivity contribution in [2.75, 3.05) is 26.3 Å². The van der Waals surface area contributed by atoms with Crippen LogP contribution in [0.5, 0.6) is 11.5 Å². The first-order valence-electron chi connectivity index (χ1n) is 8.49. The third-order valence-electron chi connectivity index (χ3n) is 3.32. The van der Waals surface area contributed by atoms with Crippen LogP contribution in [0.15, 0.2) is 23.2 Å². The number of rotatable bonds is 10. The van der Waals surface area contributed by atoms with Crippen LogP contribution < -0.4 is 20.5 Å². The lowest BCUT2D eigenvalue weighted by molar-refractivity contribution is 0.287. The third kappa shape index (κ3) is 7.77. The molecule has 0 aliphatic carbocycles. The number of guanidine groups is 1. The van der Waals surface area contributed by atoms with Crippen LogP contribution in [0.25, 0.3) is 0 Å². The van der Waals surface area contributed by atoms with Gasteiger partial charge in [-0.3, -0.25) is 4.99 Å². The summed E-state index contributed by atoms with van der Waals surface area (Å²) < 4.78 is 11.2. The van der Waals surface area contributed by atoms with Gasteiger partial charge in [-0.1, -0.05) is 19.9 Å². The minimum Gasteiger partial charge on any atom is -0.490 e. The predicted molar refractivity (Wildman–Crippen MR) is 96.4 cm³/mol. The molecule has 0 radical (unpaired) electrons. The standard InChI is InChI=1S/C18H31N3O2/c1-5-22-16-8-7-15(13-17(16)23-6-2)10-12-21-18(19)20-11-9-14(3)4/h7-8,13-14H,5-6,9-12H2,1-4H3,(H3,19,20,21). The van der Waals surface area contributed by atoms with Crippen LogP contribution in [0.1, 0.15) is 39.7 Å². The number of benzene rings is 1. The summed E-state index contributed by atoms with van der Waals surface area (Å²) >= 11 is 0. The molecular formula is C18H31N3O2. The minimum atomic E-state index is 0.515. The van der Waals surface area contributed by atoms with E-state index in [2.05, 4.69) is 30.2 Å². The Balaban J connectivity index is 2.49. The number of nitrogens with one attached hydrogen (secondary N) is 1. The fourth-order valence-corrected chi connectivity index (χ4v) is 2.09. The Morgan fingerprint density at radius 3 is 2.52 bits per heavy atom. The summed E-state index contributed by atoms with van der Waals surface area (Å²) in [5, 5.41) is 3.15. The fraction of sp³-hybridized carbons (Fsp3) is 0.611. The first-order chi connectivity index (χ1) is 11.1. The molecule has 1 aromatic carbocycles. The van der Waals surface area contributed by atoms with Gasteiger partial charge in [-0.15, -0.1) is 0 Å². The van der Waals surface area contributed by atoms with Crippen molar-refractivity contribution in [3.8, 4) is 11.5 Å². The maximum atomic E-state index is 5.86. The Bertz CT molecular complexity index is 487. The molecule has 3 N–H and O–H groups in total. The molecule has 0 bridgehead atoms. The number of aliphatic imine (C=N–C) groups is 1. The molecule has 5 nitrogen and oxygen atoms in total. The summed E-state index contributed by atoms with van der Waals surface area (Å²) in [5.41, 5.74) is 7.04. The van der Waals surface area contributed by atoms with Crippen LogP contribution in [0, 0.1) is 5.92 Å². The summed E-state index contributed by atoms with van der Waals surface area (Å²) in [6, 6.07) is 6.05. The molecule has 5 heteroatoms. The number of hydrogen-bond acceptors (Lipinski definition) is 3. The normalized spacial score (nSPS) is 11.6. The second-order valence-electron chi connectivity index (χ2n) is 5.77. The van der Waals surface area contributed by atoms with Crippen molar-refractivity contribution in [3.63, 3.8) is 0 Å². The summed E-state index contributed by atoms with van der Waals surface area (Å²) in [7, 11) is 0. The molecule has 1 rings (SSSR count). The van der Waals surface area contributed by atoms with Crippen LogP contribution >= 0.6 is 0 Å². The topological polar surface area (TPSA) is 68.9 Å². The van der Waals surface area contributed by atoms with Gasteiger partial charge in [-0.05, 0) is 50.3 Å². The lowest BCUT2D eigenvalue weighted by atomic mass is 10.1. The van der Waals surface area contributed by atoms with E-state index in [1.54, 1.807) is 0 Å². The summed E-state index contributed by atoms with van der Waals surface area (Å²) in [6.07, 6.45) is 1.91. The van der Waals surface area contributed by atoms with Gasteiger partial charge in [0.15, 0.2) is 17.5 Å². The zero-order valence-corrected chi connectivity index (χ0v) is 14.9. The van der Waals surface area contributed by atoms with Gasteiger partial charge in [-0.25, -0.2) is 0 Å². The molecule has 0 atom stereocenters. The van der Waals surface area contributed by atoms with Gasteiger partial charge >= 0.3 is 0 Å². The third-order valence-corrected chi connectivity index (χ3v) is 3.32. The molecular weight excluding hydrogens is 290 g/mol. The first kappa shape index (κ1) is 19.1. The number of hydrogen-bond donors (Lipinski definition) is 2. The van der Waals surface area contributed by atoms with E-state index in [0.717, 1.165) is 37.4 Å². The second-order valence-corrected chi connectivity index (χ2v) is 5.77. The van der Waals surface area contributed by atoms with Crippen molar-refractivity contribution in [2.24, 2.45) is 16.6 Å². The highest BCUT2D eigenvalue weighted by Gasteiger charge is 2.06. The van der Waals surface area contributed by atoms with E-state index in [9.17, 15) is 0 Å². The quantitative estimate of drug-likeness (QED) is 0.513. The van der Waals surface area contributed by atoms with Gasteiger partial charge in [0, 0.05) is 13.1 Å². The van der Waals surface area contributed by atoms with Gasteiger partial charge in [0.1, 0.15) is 0 Å². The van der Waals surface area contributed by atoms with E-state index >= 15 is 0 Å². The molecule has 0 aromatic heterocycles. The van der Waals surface area contributed by atoms with E-state index in [1.165, 1.54) is 5.56 Å². The molecule has 0 amide bonds. The molecule has 130 valence electrons.